The summed E-state index contributed by atoms with van der Waals surface area (Å²) in [6.45, 7) is 2.43. The topological polar surface area (TPSA) is 59.0 Å². The van der Waals surface area contributed by atoms with Crippen molar-refractivity contribution >= 4 is 17.4 Å². The van der Waals surface area contributed by atoms with Gasteiger partial charge < -0.3 is 14.6 Å². The van der Waals surface area contributed by atoms with Crippen molar-refractivity contribution in [2.45, 2.75) is 68.3 Å². The van der Waals surface area contributed by atoms with Gasteiger partial charge in [0.15, 0.2) is 23.4 Å². The van der Waals surface area contributed by atoms with E-state index < -0.39 is 17.1 Å². The summed E-state index contributed by atoms with van der Waals surface area (Å²) in [6.07, 6.45) is 4.79. The number of hydrogen-bond donors (Lipinski definition) is 1. The van der Waals surface area contributed by atoms with E-state index in [1.807, 2.05) is 30.3 Å². The molecule has 2 aromatic rings. The molecule has 0 radical (unpaired) electrons. The average Bonchev–Trinajstić information content (AvgIpc) is 3.55. The number of piperidine rings is 1. The van der Waals surface area contributed by atoms with Crippen molar-refractivity contribution in [1.29, 1.82) is 0 Å². The largest absolute Gasteiger partial charge is 0.504 e. The molecular weight excluding hydrogens is 438 g/mol. The number of ketones is 1. The van der Waals surface area contributed by atoms with Gasteiger partial charge in [-0.1, -0.05) is 35.9 Å². The number of aromatic hydroxyl groups is 1. The maximum Gasteiger partial charge on any atom is 0.174 e. The third-order valence-electron chi connectivity index (χ3n) is 8.96. The lowest BCUT2D eigenvalue weighted by molar-refractivity contribution is -0.218. The van der Waals surface area contributed by atoms with Crippen LogP contribution in [0, 0.1) is 5.92 Å². The van der Waals surface area contributed by atoms with E-state index in [-0.39, 0.29) is 17.6 Å². The summed E-state index contributed by atoms with van der Waals surface area (Å²) in [4.78, 5) is 15.9. The summed E-state index contributed by atoms with van der Waals surface area (Å²) >= 11 is 6.50. The van der Waals surface area contributed by atoms with E-state index in [0.717, 1.165) is 43.0 Å². The number of ether oxygens (including phenoxy) is 2. The quantitative estimate of drug-likeness (QED) is 0.709. The van der Waals surface area contributed by atoms with Crippen molar-refractivity contribution in [3.8, 4) is 11.5 Å². The van der Waals surface area contributed by atoms with Gasteiger partial charge >= 0.3 is 0 Å². The van der Waals surface area contributed by atoms with Gasteiger partial charge in [-0.2, -0.15) is 0 Å². The van der Waals surface area contributed by atoms with Crippen molar-refractivity contribution in [2.24, 2.45) is 5.92 Å². The van der Waals surface area contributed by atoms with Gasteiger partial charge in [0.2, 0.25) is 0 Å². The van der Waals surface area contributed by atoms with Gasteiger partial charge in [-0.05, 0) is 67.8 Å². The standard InChI is InChI=1S/C27H28ClNO4/c28-19-4-2-1-3-18(19)15-32-27-10-9-21(31)25-26(27)11-12-29(14-16-5-6-16)22(27)13-17-7-8-20(30)24(33-25)23(17)26/h1-4,7-8,16,22,25,30H,5-6,9-15H2/t22-,25+,26+,27-/m1/s1. The average molecular weight is 466 g/mol. The van der Waals surface area contributed by atoms with Gasteiger partial charge in [0.25, 0.3) is 0 Å². The lowest BCUT2D eigenvalue weighted by Gasteiger charge is -2.64. The number of phenolic OH excluding ortho intramolecular Hbond substituents is 1. The highest BCUT2D eigenvalue weighted by atomic mass is 35.5. The second kappa shape index (κ2) is 6.97. The van der Waals surface area contributed by atoms with Crippen molar-refractivity contribution in [2.75, 3.05) is 13.1 Å². The highest BCUT2D eigenvalue weighted by Crippen LogP contribution is 2.66. The highest BCUT2D eigenvalue weighted by Gasteiger charge is 2.74. The molecule has 7 rings (SSSR count). The molecule has 3 aliphatic carbocycles. The third kappa shape index (κ3) is 2.64. The van der Waals surface area contributed by atoms with Gasteiger partial charge in [0, 0.05) is 29.6 Å². The predicted octanol–water partition coefficient (Wildman–Crippen LogP) is 4.40. The molecular formula is C27H28ClNO4. The first-order valence-electron chi connectivity index (χ1n) is 12.2. The Morgan fingerprint density at radius 2 is 2.03 bits per heavy atom. The molecule has 1 spiro atoms. The van der Waals surface area contributed by atoms with Crippen LogP contribution in [0.15, 0.2) is 36.4 Å². The number of hydrogen-bond acceptors (Lipinski definition) is 5. The number of rotatable bonds is 5. The van der Waals surface area contributed by atoms with Crippen LogP contribution < -0.4 is 4.74 Å². The van der Waals surface area contributed by atoms with E-state index in [0.29, 0.717) is 30.2 Å². The van der Waals surface area contributed by atoms with Gasteiger partial charge in [0.1, 0.15) is 0 Å². The number of nitrogens with zero attached hydrogens (tertiary/aromatic N) is 1. The first-order valence-corrected chi connectivity index (χ1v) is 12.6. The smallest absolute Gasteiger partial charge is 0.174 e. The van der Waals surface area contributed by atoms with Crippen LogP contribution in [0.1, 0.15) is 48.8 Å². The number of phenols is 1. The monoisotopic (exact) mass is 465 g/mol. The Kier molecular flexibility index (Phi) is 4.29. The van der Waals surface area contributed by atoms with E-state index in [1.54, 1.807) is 6.07 Å². The molecule has 6 heteroatoms. The number of halogens is 1. The van der Waals surface area contributed by atoms with Crippen molar-refractivity contribution < 1.29 is 19.4 Å². The minimum absolute atomic E-state index is 0.129. The normalized spacial score (nSPS) is 34.2. The fourth-order valence-electron chi connectivity index (χ4n) is 7.35. The summed E-state index contributed by atoms with van der Waals surface area (Å²) in [5.74, 6) is 1.54. The van der Waals surface area contributed by atoms with Gasteiger partial charge in [-0.25, -0.2) is 0 Å². The van der Waals surface area contributed by atoms with E-state index in [2.05, 4.69) is 4.90 Å². The maximum atomic E-state index is 13.3. The molecule has 4 atom stereocenters. The molecule has 5 nitrogen and oxygen atoms in total. The number of likely N-dealkylation sites (tertiary alicyclic amines) is 1. The molecule has 1 N–H and O–H groups in total. The molecule has 2 aromatic carbocycles. The summed E-state index contributed by atoms with van der Waals surface area (Å²) in [5.41, 5.74) is 2.08. The number of Topliss-reactive ketones (excluding diaryl/α,β-unsaturated/α-hetero) is 1. The Bertz CT molecular complexity index is 1160. The Morgan fingerprint density at radius 3 is 2.85 bits per heavy atom. The van der Waals surface area contributed by atoms with Crippen LogP contribution in [0.3, 0.4) is 0 Å². The summed E-state index contributed by atoms with van der Waals surface area (Å²) in [7, 11) is 0. The van der Waals surface area contributed by atoms with Gasteiger partial charge in [-0.3, -0.25) is 9.69 Å². The van der Waals surface area contributed by atoms with E-state index in [1.165, 1.54) is 18.4 Å². The SMILES string of the molecule is O=C1CC[C@@]2(OCc3ccccc3Cl)[C@H]3Cc4ccc(O)c5c4[C@@]2(CCN3CC2CC2)[C@H]1O5. The molecule has 2 bridgehead atoms. The lowest BCUT2D eigenvalue weighted by Crippen LogP contribution is -2.77. The van der Waals surface area contributed by atoms with Crippen LogP contribution in [-0.4, -0.2) is 46.6 Å². The minimum atomic E-state index is -0.592. The lowest BCUT2D eigenvalue weighted by atomic mass is 9.48. The van der Waals surface area contributed by atoms with E-state index in [4.69, 9.17) is 21.1 Å². The fourth-order valence-corrected chi connectivity index (χ4v) is 7.54. The Balaban J connectivity index is 1.40. The zero-order valence-electron chi connectivity index (χ0n) is 18.6. The molecule has 0 amide bonds. The van der Waals surface area contributed by atoms with Crippen LogP contribution >= 0.6 is 11.6 Å². The molecule has 1 saturated heterocycles. The molecule has 2 heterocycles. The van der Waals surface area contributed by atoms with Gasteiger partial charge in [-0.15, -0.1) is 0 Å². The summed E-state index contributed by atoms with van der Waals surface area (Å²) < 4.78 is 13.4. The summed E-state index contributed by atoms with van der Waals surface area (Å²) in [6, 6.07) is 11.8. The molecule has 0 unspecified atom stereocenters. The molecule has 3 fully saturated rings. The van der Waals surface area contributed by atoms with Crippen LogP contribution in [0.5, 0.6) is 11.5 Å². The second-order valence-electron chi connectivity index (χ2n) is 10.6. The molecule has 0 aromatic heterocycles. The number of benzene rings is 2. The second-order valence-corrected chi connectivity index (χ2v) is 11.0. The van der Waals surface area contributed by atoms with Crippen molar-refractivity contribution in [3.05, 3.63) is 58.1 Å². The third-order valence-corrected chi connectivity index (χ3v) is 9.33. The Hall–Kier alpha value is -2.08. The van der Waals surface area contributed by atoms with E-state index >= 15 is 0 Å². The van der Waals surface area contributed by atoms with Crippen LogP contribution in [0.4, 0.5) is 0 Å². The van der Waals surface area contributed by atoms with Gasteiger partial charge in [0.05, 0.1) is 17.6 Å². The fraction of sp³-hybridized carbons (Fsp3) is 0.519. The first-order chi connectivity index (χ1) is 16.0. The first kappa shape index (κ1) is 20.3. The van der Waals surface area contributed by atoms with Crippen LogP contribution in [0.25, 0.3) is 0 Å². The maximum absolute atomic E-state index is 13.3. The molecule has 33 heavy (non-hydrogen) atoms. The molecule has 5 aliphatic rings. The molecule has 2 aliphatic heterocycles. The van der Waals surface area contributed by atoms with Crippen LogP contribution in [-0.2, 0) is 28.0 Å². The molecule has 172 valence electrons. The minimum Gasteiger partial charge on any atom is -0.504 e. The summed E-state index contributed by atoms with van der Waals surface area (Å²) in [5, 5.41) is 11.4. The van der Waals surface area contributed by atoms with Crippen LogP contribution in [0.2, 0.25) is 5.02 Å². The van der Waals surface area contributed by atoms with Crippen molar-refractivity contribution in [1.82, 2.24) is 4.90 Å². The highest BCUT2D eigenvalue weighted by molar-refractivity contribution is 6.31. The van der Waals surface area contributed by atoms with Crippen molar-refractivity contribution in [3.63, 3.8) is 0 Å². The Morgan fingerprint density at radius 1 is 1.18 bits per heavy atom. The number of carbonyl (C=O) groups excluding carboxylic acids is 1. The molecule has 2 saturated carbocycles. The Labute approximate surface area is 198 Å². The zero-order chi connectivity index (χ0) is 22.4. The predicted molar refractivity (Wildman–Crippen MR) is 124 cm³/mol. The van der Waals surface area contributed by atoms with E-state index in [9.17, 15) is 9.90 Å². The number of carbonyl (C=O) groups is 1. The zero-order valence-corrected chi connectivity index (χ0v) is 19.3.